The molecule has 0 spiro atoms. The van der Waals surface area contributed by atoms with Crippen LogP contribution in [0.25, 0.3) is 0 Å². The first kappa shape index (κ1) is 18.5. The van der Waals surface area contributed by atoms with Gasteiger partial charge in [0.1, 0.15) is 0 Å². The Balaban J connectivity index is 1.81. The average molecular weight is 378 g/mol. The van der Waals surface area contributed by atoms with E-state index >= 15 is 0 Å². The van der Waals surface area contributed by atoms with Crippen LogP contribution in [0, 0.1) is 0 Å². The lowest BCUT2D eigenvalue weighted by Crippen LogP contribution is -2.29. The van der Waals surface area contributed by atoms with Gasteiger partial charge in [0.25, 0.3) is 0 Å². The highest BCUT2D eigenvalue weighted by atomic mass is 16.5. The molecular formula is C23H26N2O3. The molecule has 1 N–H and O–H groups in total. The number of fused-ring (bicyclic) bond motifs is 3. The second-order valence-corrected chi connectivity index (χ2v) is 7.49. The summed E-state index contributed by atoms with van der Waals surface area (Å²) in [5, 5.41) is 2.82. The molecule has 1 amide bonds. The highest BCUT2D eigenvalue weighted by Crippen LogP contribution is 2.44. The van der Waals surface area contributed by atoms with Crippen molar-refractivity contribution in [3.63, 3.8) is 0 Å². The van der Waals surface area contributed by atoms with Gasteiger partial charge in [0, 0.05) is 29.7 Å². The Bertz CT molecular complexity index is 918. The van der Waals surface area contributed by atoms with E-state index in [0.29, 0.717) is 12.0 Å². The van der Waals surface area contributed by atoms with E-state index in [4.69, 9.17) is 14.5 Å². The molecule has 0 bridgehead atoms. The maximum absolute atomic E-state index is 11.3. The number of carbonyl (C=O) groups excluding carboxylic acids is 1. The molecule has 1 aliphatic carbocycles. The highest BCUT2D eigenvalue weighted by molar-refractivity contribution is 6.15. The van der Waals surface area contributed by atoms with Gasteiger partial charge in [-0.05, 0) is 42.7 Å². The van der Waals surface area contributed by atoms with Crippen molar-refractivity contribution in [3.8, 4) is 11.5 Å². The van der Waals surface area contributed by atoms with Crippen LogP contribution in [0.1, 0.15) is 55.2 Å². The maximum Gasteiger partial charge on any atom is 0.221 e. The lowest BCUT2D eigenvalue weighted by atomic mass is 9.75. The number of aliphatic imine (C=N–C) groups is 1. The maximum atomic E-state index is 11.3. The van der Waals surface area contributed by atoms with Crippen molar-refractivity contribution in [2.75, 3.05) is 19.5 Å². The summed E-state index contributed by atoms with van der Waals surface area (Å²) in [5.41, 5.74) is 5.25. The number of ether oxygens (including phenoxy) is 2. The lowest BCUT2D eigenvalue weighted by molar-refractivity contribution is -0.114. The van der Waals surface area contributed by atoms with Crippen LogP contribution < -0.4 is 14.8 Å². The highest BCUT2D eigenvalue weighted by Gasteiger charge is 2.34. The molecule has 2 aromatic carbocycles. The van der Waals surface area contributed by atoms with Crippen molar-refractivity contribution in [1.29, 1.82) is 0 Å². The topological polar surface area (TPSA) is 59.9 Å². The molecule has 1 aliphatic heterocycles. The first-order valence-electron chi connectivity index (χ1n) is 9.83. The minimum absolute atomic E-state index is 0.0741. The lowest BCUT2D eigenvalue weighted by Gasteiger charge is -2.35. The van der Waals surface area contributed by atoms with Crippen LogP contribution in [0.15, 0.2) is 41.4 Å². The van der Waals surface area contributed by atoms with Gasteiger partial charge in [-0.2, -0.15) is 0 Å². The third-order valence-electron chi connectivity index (χ3n) is 5.71. The van der Waals surface area contributed by atoms with Gasteiger partial charge >= 0.3 is 0 Å². The minimum atomic E-state index is -0.0741. The number of anilines is 1. The number of hydrogen-bond donors (Lipinski definition) is 1. The molecule has 5 nitrogen and oxygen atoms in total. The fraction of sp³-hybridized carbons (Fsp3) is 0.391. The van der Waals surface area contributed by atoms with Crippen LogP contribution in [0.4, 0.5) is 5.69 Å². The molecule has 0 saturated heterocycles. The molecule has 4 rings (SSSR count). The molecule has 2 aromatic rings. The number of amides is 1. The summed E-state index contributed by atoms with van der Waals surface area (Å²) >= 11 is 0. The quantitative estimate of drug-likeness (QED) is 0.850. The monoisotopic (exact) mass is 378 g/mol. The fourth-order valence-electron chi connectivity index (χ4n) is 4.42. The Morgan fingerprint density at radius 3 is 2.39 bits per heavy atom. The predicted octanol–water partition coefficient (Wildman–Crippen LogP) is 4.54. The van der Waals surface area contributed by atoms with Gasteiger partial charge in [-0.1, -0.05) is 25.0 Å². The smallest absolute Gasteiger partial charge is 0.221 e. The molecule has 1 heterocycles. The van der Waals surface area contributed by atoms with Gasteiger partial charge in [-0.25, -0.2) is 0 Å². The van der Waals surface area contributed by atoms with Crippen molar-refractivity contribution in [1.82, 2.24) is 0 Å². The largest absolute Gasteiger partial charge is 0.493 e. The Hall–Kier alpha value is -2.82. The van der Waals surface area contributed by atoms with Crippen molar-refractivity contribution in [3.05, 3.63) is 53.1 Å². The van der Waals surface area contributed by atoms with Gasteiger partial charge in [0.05, 0.1) is 26.0 Å². The van der Waals surface area contributed by atoms with E-state index in [1.54, 1.807) is 14.2 Å². The summed E-state index contributed by atoms with van der Waals surface area (Å²) in [6, 6.07) is 12.4. The van der Waals surface area contributed by atoms with Crippen molar-refractivity contribution >= 4 is 17.3 Å². The molecule has 2 atom stereocenters. The second-order valence-electron chi connectivity index (χ2n) is 7.49. The summed E-state index contributed by atoms with van der Waals surface area (Å²) in [7, 11) is 3.34. The van der Waals surface area contributed by atoms with Crippen LogP contribution in [-0.2, 0) is 4.79 Å². The molecule has 5 heteroatoms. The van der Waals surface area contributed by atoms with Crippen molar-refractivity contribution in [2.24, 2.45) is 4.99 Å². The van der Waals surface area contributed by atoms with Crippen LogP contribution in [0.5, 0.6) is 11.5 Å². The van der Waals surface area contributed by atoms with Crippen molar-refractivity contribution in [2.45, 2.75) is 44.6 Å². The van der Waals surface area contributed by atoms with E-state index in [-0.39, 0.29) is 5.91 Å². The van der Waals surface area contributed by atoms with Gasteiger partial charge in [-0.15, -0.1) is 0 Å². The number of benzene rings is 2. The van der Waals surface area contributed by atoms with Gasteiger partial charge in [-0.3, -0.25) is 9.79 Å². The van der Waals surface area contributed by atoms with Gasteiger partial charge in [0.2, 0.25) is 5.91 Å². The number of carbonyl (C=O) groups is 1. The van der Waals surface area contributed by atoms with Crippen LogP contribution >= 0.6 is 0 Å². The second kappa shape index (κ2) is 7.66. The zero-order valence-electron chi connectivity index (χ0n) is 16.6. The summed E-state index contributed by atoms with van der Waals surface area (Å²) in [5.74, 6) is 1.85. The number of nitrogens with one attached hydrogen (secondary N) is 1. The van der Waals surface area contributed by atoms with Gasteiger partial charge in [0.15, 0.2) is 11.5 Å². The predicted molar refractivity (Wildman–Crippen MR) is 111 cm³/mol. The Morgan fingerprint density at radius 1 is 1.04 bits per heavy atom. The molecule has 1 saturated carbocycles. The molecule has 146 valence electrons. The van der Waals surface area contributed by atoms with E-state index in [9.17, 15) is 4.79 Å². The number of rotatable bonds is 4. The average Bonchev–Trinajstić information content (AvgIpc) is 2.72. The standard InChI is InChI=1S/C23H26N2O3/c1-14(26)24-16-10-8-15(9-11-16)23-19-13-22(28-3)21(27-2)12-18(19)17-6-4-5-7-20(17)25-23/h8-13,17,20H,4-7H2,1-3H3,(H,24,26)/t17-,20-/m0/s1. The molecule has 0 radical (unpaired) electrons. The fourth-order valence-corrected chi connectivity index (χ4v) is 4.42. The molecule has 0 aromatic heterocycles. The Morgan fingerprint density at radius 2 is 1.71 bits per heavy atom. The zero-order chi connectivity index (χ0) is 19.7. The normalized spacial score (nSPS) is 20.5. The Kier molecular flexibility index (Phi) is 5.07. The molecule has 2 aliphatic rings. The summed E-state index contributed by atoms with van der Waals surface area (Å²) in [6.45, 7) is 1.51. The van der Waals surface area contributed by atoms with E-state index in [1.807, 2.05) is 24.3 Å². The van der Waals surface area contributed by atoms with E-state index < -0.39 is 0 Å². The number of hydrogen-bond acceptors (Lipinski definition) is 4. The van der Waals surface area contributed by atoms with Gasteiger partial charge < -0.3 is 14.8 Å². The zero-order valence-corrected chi connectivity index (χ0v) is 16.6. The third kappa shape index (κ3) is 3.37. The van der Waals surface area contributed by atoms with Crippen LogP contribution in [-0.4, -0.2) is 31.9 Å². The number of nitrogens with zero attached hydrogens (tertiary/aromatic N) is 1. The first-order chi connectivity index (χ1) is 13.6. The van der Waals surface area contributed by atoms with E-state index in [2.05, 4.69) is 17.4 Å². The van der Waals surface area contributed by atoms with Crippen LogP contribution in [0.2, 0.25) is 0 Å². The summed E-state index contributed by atoms with van der Waals surface area (Å²) in [4.78, 5) is 16.5. The summed E-state index contributed by atoms with van der Waals surface area (Å²) < 4.78 is 11.1. The first-order valence-corrected chi connectivity index (χ1v) is 9.83. The van der Waals surface area contributed by atoms with E-state index in [1.165, 1.54) is 25.3 Å². The third-order valence-corrected chi connectivity index (χ3v) is 5.71. The molecule has 0 unspecified atom stereocenters. The van der Waals surface area contributed by atoms with Crippen molar-refractivity contribution < 1.29 is 14.3 Å². The molecule has 1 fully saturated rings. The summed E-state index contributed by atoms with van der Waals surface area (Å²) in [6.07, 6.45) is 4.74. The Labute approximate surface area is 165 Å². The SMILES string of the molecule is COc1cc2c(cc1OC)[C@@H]1CCCC[C@@H]1N=C2c1ccc(NC(C)=O)cc1. The van der Waals surface area contributed by atoms with E-state index in [0.717, 1.165) is 46.9 Å². The molecular weight excluding hydrogens is 352 g/mol. The number of methoxy groups -OCH3 is 2. The minimum Gasteiger partial charge on any atom is -0.493 e. The van der Waals surface area contributed by atoms with Crippen LogP contribution in [0.3, 0.4) is 0 Å². The molecule has 28 heavy (non-hydrogen) atoms.